The molecule has 162 valence electrons. The average molecular weight is 556 g/mol. The summed E-state index contributed by atoms with van der Waals surface area (Å²) in [5.74, 6) is 0.505. The van der Waals surface area contributed by atoms with E-state index in [1.165, 1.54) is 13.2 Å². The second kappa shape index (κ2) is 11.0. The number of aryl methyl sites for hydroxylation is 1. The molecule has 5 nitrogen and oxygen atoms in total. The molecule has 3 aromatic rings. The van der Waals surface area contributed by atoms with E-state index in [0.29, 0.717) is 33.8 Å². The molecule has 3 rings (SSSR count). The van der Waals surface area contributed by atoms with Crippen molar-refractivity contribution >= 4 is 49.5 Å². The third-order valence-electron chi connectivity index (χ3n) is 4.53. The first-order valence-electron chi connectivity index (χ1n) is 9.65. The highest BCUT2D eigenvalue weighted by Crippen LogP contribution is 2.35. The summed E-state index contributed by atoms with van der Waals surface area (Å²) < 4.78 is 12.8. The van der Waals surface area contributed by atoms with Gasteiger partial charge in [-0.1, -0.05) is 52.3 Å². The maximum atomic E-state index is 12.9. The lowest BCUT2D eigenvalue weighted by Crippen LogP contribution is -2.14. The van der Waals surface area contributed by atoms with Crippen LogP contribution in [0.3, 0.4) is 0 Å². The molecular formula is C25H20Br2N2O3. The van der Waals surface area contributed by atoms with Gasteiger partial charge in [-0.25, -0.2) is 0 Å². The van der Waals surface area contributed by atoms with Crippen molar-refractivity contribution in [2.24, 2.45) is 0 Å². The van der Waals surface area contributed by atoms with Gasteiger partial charge in [0.1, 0.15) is 29.7 Å². The lowest BCUT2D eigenvalue weighted by molar-refractivity contribution is -0.112. The Morgan fingerprint density at radius 1 is 1.12 bits per heavy atom. The van der Waals surface area contributed by atoms with Crippen LogP contribution in [0.4, 0.5) is 5.69 Å². The van der Waals surface area contributed by atoms with Crippen LogP contribution >= 0.6 is 31.9 Å². The van der Waals surface area contributed by atoms with Crippen LogP contribution in [-0.2, 0) is 11.4 Å². The zero-order valence-electron chi connectivity index (χ0n) is 17.5. The highest BCUT2D eigenvalue weighted by atomic mass is 79.9. The zero-order chi connectivity index (χ0) is 23.1. The molecule has 0 aliphatic rings. The molecule has 7 heteroatoms. The summed E-state index contributed by atoms with van der Waals surface area (Å²) >= 11 is 6.97. The maximum absolute atomic E-state index is 12.9. The van der Waals surface area contributed by atoms with Crippen molar-refractivity contribution < 1.29 is 14.3 Å². The quantitative estimate of drug-likeness (QED) is 0.261. The van der Waals surface area contributed by atoms with Gasteiger partial charge in [-0.3, -0.25) is 4.79 Å². The highest BCUT2D eigenvalue weighted by Gasteiger charge is 2.16. The van der Waals surface area contributed by atoms with E-state index in [4.69, 9.17) is 9.47 Å². The van der Waals surface area contributed by atoms with E-state index in [1.54, 1.807) is 18.2 Å². The van der Waals surface area contributed by atoms with Crippen LogP contribution in [0, 0.1) is 18.3 Å². The molecule has 0 aliphatic heterocycles. The van der Waals surface area contributed by atoms with Crippen molar-refractivity contribution in [1.29, 1.82) is 5.26 Å². The number of hydrogen-bond acceptors (Lipinski definition) is 4. The van der Waals surface area contributed by atoms with Gasteiger partial charge >= 0.3 is 0 Å². The minimum Gasteiger partial charge on any atom is -0.495 e. The van der Waals surface area contributed by atoms with Gasteiger partial charge in [0.05, 0.1) is 17.3 Å². The molecule has 1 amide bonds. The van der Waals surface area contributed by atoms with Gasteiger partial charge in [0.2, 0.25) is 0 Å². The van der Waals surface area contributed by atoms with E-state index in [0.717, 1.165) is 15.6 Å². The van der Waals surface area contributed by atoms with Crippen molar-refractivity contribution in [2.45, 2.75) is 13.5 Å². The summed E-state index contributed by atoms with van der Waals surface area (Å²) in [4.78, 5) is 12.9. The van der Waals surface area contributed by atoms with Crippen molar-refractivity contribution in [1.82, 2.24) is 0 Å². The van der Waals surface area contributed by atoms with E-state index in [2.05, 4.69) is 37.2 Å². The summed E-state index contributed by atoms with van der Waals surface area (Å²) in [5, 5.41) is 12.4. The van der Waals surface area contributed by atoms with Gasteiger partial charge in [0.25, 0.3) is 5.91 Å². The topological polar surface area (TPSA) is 71.3 Å². The third kappa shape index (κ3) is 6.00. The Morgan fingerprint density at radius 3 is 2.56 bits per heavy atom. The maximum Gasteiger partial charge on any atom is 0.266 e. The van der Waals surface area contributed by atoms with Crippen molar-refractivity contribution in [3.05, 3.63) is 91.9 Å². The number of amides is 1. The fourth-order valence-corrected chi connectivity index (χ4v) is 4.36. The fraction of sp³-hybridized carbons (Fsp3) is 0.120. The van der Waals surface area contributed by atoms with Gasteiger partial charge < -0.3 is 14.8 Å². The van der Waals surface area contributed by atoms with Crippen LogP contribution in [0.2, 0.25) is 0 Å². The summed E-state index contributed by atoms with van der Waals surface area (Å²) in [7, 11) is 1.52. The number of carbonyl (C=O) groups excluding carboxylic acids is 1. The molecule has 3 aromatic carbocycles. The normalized spacial score (nSPS) is 10.9. The van der Waals surface area contributed by atoms with Crippen molar-refractivity contribution in [2.75, 3.05) is 12.4 Å². The number of anilines is 1. The second-order valence-corrected chi connectivity index (χ2v) is 8.68. The minimum atomic E-state index is -0.540. The predicted molar refractivity (Wildman–Crippen MR) is 133 cm³/mol. The van der Waals surface area contributed by atoms with E-state index in [9.17, 15) is 10.1 Å². The summed E-state index contributed by atoms with van der Waals surface area (Å²) in [6.07, 6.45) is 1.51. The largest absolute Gasteiger partial charge is 0.495 e. The van der Waals surface area contributed by atoms with Gasteiger partial charge in [0, 0.05) is 10.0 Å². The Labute approximate surface area is 203 Å². The molecule has 0 atom stereocenters. The van der Waals surface area contributed by atoms with Gasteiger partial charge in [-0.2, -0.15) is 5.26 Å². The molecule has 32 heavy (non-hydrogen) atoms. The first-order valence-corrected chi connectivity index (χ1v) is 11.2. The molecule has 0 bridgehead atoms. The van der Waals surface area contributed by atoms with Gasteiger partial charge in [-0.05, 0) is 64.3 Å². The number of halogens is 2. The summed E-state index contributed by atoms with van der Waals surface area (Å²) in [5.41, 5.74) is 2.97. The van der Waals surface area contributed by atoms with Crippen molar-refractivity contribution in [3.63, 3.8) is 0 Å². The molecular weight excluding hydrogens is 536 g/mol. The fourth-order valence-electron chi connectivity index (χ4n) is 2.98. The number of ether oxygens (including phenoxy) is 2. The molecule has 1 N–H and O–H groups in total. The van der Waals surface area contributed by atoms with Crippen LogP contribution < -0.4 is 14.8 Å². The molecule has 0 radical (unpaired) electrons. The molecule has 0 heterocycles. The lowest BCUT2D eigenvalue weighted by Gasteiger charge is -2.13. The Hall–Kier alpha value is -3.08. The van der Waals surface area contributed by atoms with Crippen LogP contribution in [0.15, 0.2) is 75.2 Å². The Kier molecular flexibility index (Phi) is 8.09. The summed E-state index contributed by atoms with van der Waals surface area (Å²) in [6, 6.07) is 20.8. The predicted octanol–water partition coefficient (Wildman–Crippen LogP) is 6.65. The van der Waals surface area contributed by atoms with Crippen LogP contribution in [0.1, 0.15) is 16.7 Å². The number of nitriles is 1. The van der Waals surface area contributed by atoms with Crippen LogP contribution in [-0.4, -0.2) is 13.0 Å². The number of rotatable bonds is 7. The van der Waals surface area contributed by atoms with Gasteiger partial charge in [-0.15, -0.1) is 0 Å². The van der Waals surface area contributed by atoms with E-state index < -0.39 is 5.91 Å². The monoisotopic (exact) mass is 554 g/mol. The zero-order valence-corrected chi connectivity index (χ0v) is 20.7. The molecule has 0 spiro atoms. The van der Waals surface area contributed by atoms with E-state index in [-0.39, 0.29) is 5.57 Å². The molecule has 0 fully saturated rings. The number of nitrogens with zero attached hydrogens (tertiary/aromatic N) is 1. The molecule has 0 saturated carbocycles. The first kappa shape index (κ1) is 23.6. The molecule has 0 unspecified atom stereocenters. The third-order valence-corrected chi connectivity index (χ3v) is 5.58. The molecule has 0 aliphatic carbocycles. The standard InChI is InChI=1S/C25H20Br2N2O3/c1-16-8-9-23(31-2)22(10-16)29-25(30)19(14-28)11-18-12-20(26)13-21(27)24(18)32-15-17-6-4-3-5-7-17/h3-13H,15H2,1-2H3,(H,29,30)/b19-11+. The first-order chi connectivity index (χ1) is 15.4. The number of carbonyl (C=O) groups is 1. The SMILES string of the molecule is COc1ccc(C)cc1NC(=O)/C(C#N)=C/c1cc(Br)cc(Br)c1OCc1ccccc1. The number of nitrogens with one attached hydrogen (secondary N) is 1. The second-order valence-electron chi connectivity index (χ2n) is 6.91. The van der Waals surface area contributed by atoms with Crippen LogP contribution in [0.5, 0.6) is 11.5 Å². The smallest absolute Gasteiger partial charge is 0.266 e. The van der Waals surface area contributed by atoms with Crippen molar-refractivity contribution in [3.8, 4) is 17.6 Å². The molecule has 0 saturated heterocycles. The summed E-state index contributed by atoms with van der Waals surface area (Å²) in [6.45, 7) is 2.25. The Morgan fingerprint density at radius 2 is 1.88 bits per heavy atom. The van der Waals surface area contributed by atoms with Gasteiger partial charge in [0.15, 0.2) is 0 Å². The lowest BCUT2D eigenvalue weighted by atomic mass is 10.1. The van der Waals surface area contributed by atoms with Crippen LogP contribution in [0.25, 0.3) is 6.08 Å². The Bertz CT molecular complexity index is 1200. The average Bonchev–Trinajstić information content (AvgIpc) is 2.77. The molecule has 0 aromatic heterocycles. The van der Waals surface area contributed by atoms with E-state index >= 15 is 0 Å². The number of methoxy groups -OCH3 is 1. The minimum absolute atomic E-state index is 0.0666. The van der Waals surface area contributed by atoms with E-state index in [1.807, 2.05) is 55.5 Å². The Balaban J connectivity index is 1.91. The number of benzene rings is 3. The number of hydrogen-bond donors (Lipinski definition) is 1. The highest BCUT2D eigenvalue weighted by molar-refractivity contribution is 9.11.